The number of esters is 1. The van der Waals surface area contributed by atoms with E-state index in [4.69, 9.17) is 9.47 Å². The Kier molecular flexibility index (Phi) is 6.60. The second kappa shape index (κ2) is 9.12. The lowest BCUT2D eigenvalue weighted by Gasteiger charge is -2.28. The number of quaternary nitrogens is 1. The van der Waals surface area contributed by atoms with Gasteiger partial charge in [-0.05, 0) is 25.5 Å². The molecule has 2 N–H and O–H groups in total. The Hall–Kier alpha value is -2.22. The molecule has 2 heterocycles. The molecule has 0 radical (unpaired) electrons. The number of benzene rings is 1. The molecule has 2 aromatic rings. The van der Waals surface area contributed by atoms with Crippen LogP contribution in [0, 0.1) is 0 Å². The van der Waals surface area contributed by atoms with Crippen LogP contribution in [0.5, 0.6) is 0 Å². The van der Waals surface area contributed by atoms with Crippen LogP contribution in [0.2, 0.25) is 0 Å². The summed E-state index contributed by atoms with van der Waals surface area (Å²) in [5, 5.41) is 3.49. The number of carbonyl (C=O) groups is 2. The van der Waals surface area contributed by atoms with Crippen molar-refractivity contribution in [3.05, 3.63) is 42.0 Å². The van der Waals surface area contributed by atoms with E-state index in [9.17, 15) is 9.59 Å². The van der Waals surface area contributed by atoms with Crippen molar-refractivity contribution < 1.29 is 24.0 Å². The standard InChI is InChI=1S/C20H24N2O4S/c1-3-26-20(24)16-13-17(15-7-5-4-6-8-15)27-19(16)21-18(23)14(2)22-9-11-25-12-10-22/h4-8,13-14H,3,9-12H2,1-2H3,(H,21,23)/p+1/t14-/m0/s1. The zero-order chi connectivity index (χ0) is 19.2. The normalized spacial score (nSPS) is 15.9. The summed E-state index contributed by atoms with van der Waals surface area (Å²) in [6.07, 6.45) is 0. The van der Waals surface area contributed by atoms with Crippen LogP contribution in [-0.2, 0) is 14.3 Å². The van der Waals surface area contributed by atoms with Crippen molar-refractivity contribution in [1.29, 1.82) is 0 Å². The molecule has 0 saturated carbocycles. The number of rotatable bonds is 6. The first-order valence-electron chi connectivity index (χ1n) is 9.19. The van der Waals surface area contributed by atoms with E-state index in [1.807, 2.05) is 37.3 Å². The molecule has 0 unspecified atom stereocenters. The van der Waals surface area contributed by atoms with Crippen LogP contribution in [0.25, 0.3) is 10.4 Å². The van der Waals surface area contributed by atoms with Crippen LogP contribution in [0.15, 0.2) is 36.4 Å². The highest BCUT2D eigenvalue weighted by atomic mass is 32.1. The Bertz CT molecular complexity index is 785. The van der Waals surface area contributed by atoms with Crippen LogP contribution in [0.1, 0.15) is 24.2 Å². The molecule has 27 heavy (non-hydrogen) atoms. The van der Waals surface area contributed by atoms with Gasteiger partial charge in [-0.2, -0.15) is 0 Å². The number of ether oxygens (including phenoxy) is 2. The van der Waals surface area contributed by atoms with Gasteiger partial charge in [-0.1, -0.05) is 30.3 Å². The lowest BCUT2D eigenvalue weighted by atomic mass is 10.1. The van der Waals surface area contributed by atoms with E-state index < -0.39 is 5.97 Å². The first kappa shape index (κ1) is 19.5. The number of thiophene rings is 1. The minimum Gasteiger partial charge on any atom is -0.462 e. The van der Waals surface area contributed by atoms with Gasteiger partial charge in [0, 0.05) is 4.88 Å². The molecule has 1 aromatic heterocycles. The molecule has 0 spiro atoms. The third-order valence-electron chi connectivity index (χ3n) is 4.66. The van der Waals surface area contributed by atoms with Gasteiger partial charge in [-0.3, -0.25) is 4.79 Å². The monoisotopic (exact) mass is 389 g/mol. The SMILES string of the molecule is CCOC(=O)c1cc(-c2ccccc2)sc1NC(=O)[C@H](C)[NH+]1CCOCC1. The van der Waals surface area contributed by atoms with E-state index in [0.29, 0.717) is 23.8 Å². The first-order chi connectivity index (χ1) is 13.1. The van der Waals surface area contributed by atoms with Gasteiger partial charge in [0.2, 0.25) is 0 Å². The Labute approximate surface area is 163 Å². The van der Waals surface area contributed by atoms with Crippen LogP contribution >= 0.6 is 11.3 Å². The van der Waals surface area contributed by atoms with Crippen LogP contribution in [-0.4, -0.2) is 50.8 Å². The molecule has 1 saturated heterocycles. The number of amides is 1. The average molecular weight is 389 g/mol. The van der Waals surface area contributed by atoms with Crippen molar-refractivity contribution in [2.45, 2.75) is 19.9 Å². The maximum atomic E-state index is 12.8. The molecule has 144 valence electrons. The van der Waals surface area contributed by atoms with Gasteiger partial charge >= 0.3 is 5.97 Å². The van der Waals surface area contributed by atoms with Gasteiger partial charge in [0.1, 0.15) is 18.1 Å². The molecule has 3 rings (SSSR count). The van der Waals surface area contributed by atoms with E-state index >= 15 is 0 Å². The molecule has 1 aliphatic heterocycles. The fourth-order valence-electron chi connectivity index (χ4n) is 3.06. The maximum Gasteiger partial charge on any atom is 0.341 e. The minimum atomic E-state index is -0.419. The molecule has 1 fully saturated rings. The van der Waals surface area contributed by atoms with Crippen molar-refractivity contribution in [1.82, 2.24) is 0 Å². The number of anilines is 1. The van der Waals surface area contributed by atoms with Gasteiger partial charge in [-0.25, -0.2) is 4.79 Å². The Morgan fingerprint density at radius 1 is 1.26 bits per heavy atom. The highest BCUT2D eigenvalue weighted by molar-refractivity contribution is 7.20. The molecule has 1 aliphatic rings. The van der Waals surface area contributed by atoms with Gasteiger partial charge in [-0.15, -0.1) is 11.3 Å². The molecule has 1 atom stereocenters. The largest absolute Gasteiger partial charge is 0.462 e. The number of hydrogen-bond donors (Lipinski definition) is 2. The van der Waals surface area contributed by atoms with E-state index in [1.165, 1.54) is 16.2 Å². The van der Waals surface area contributed by atoms with Crippen molar-refractivity contribution in [2.75, 3.05) is 38.2 Å². The number of nitrogens with one attached hydrogen (secondary N) is 2. The van der Waals surface area contributed by atoms with Gasteiger partial charge in [0.25, 0.3) is 5.91 Å². The van der Waals surface area contributed by atoms with Crippen molar-refractivity contribution >= 4 is 28.2 Å². The third kappa shape index (κ3) is 4.74. The fraction of sp³-hybridized carbons (Fsp3) is 0.400. The summed E-state index contributed by atoms with van der Waals surface area (Å²) in [5.41, 5.74) is 1.40. The molecular weight excluding hydrogens is 364 g/mol. The summed E-state index contributed by atoms with van der Waals surface area (Å²) >= 11 is 1.39. The zero-order valence-corrected chi connectivity index (χ0v) is 16.4. The molecule has 6 nitrogen and oxygen atoms in total. The van der Waals surface area contributed by atoms with E-state index in [0.717, 1.165) is 23.5 Å². The summed E-state index contributed by atoms with van der Waals surface area (Å²) in [5.74, 6) is -0.517. The molecular formula is C20H25N2O4S+. The zero-order valence-electron chi connectivity index (χ0n) is 15.6. The summed E-state index contributed by atoms with van der Waals surface area (Å²) in [6, 6.07) is 11.4. The third-order valence-corrected chi connectivity index (χ3v) is 5.76. The average Bonchev–Trinajstić information content (AvgIpc) is 3.13. The summed E-state index contributed by atoms with van der Waals surface area (Å²) in [7, 11) is 0. The first-order valence-corrected chi connectivity index (χ1v) is 10.0. The van der Waals surface area contributed by atoms with Gasteiger partial charge in [0.05, 0.1) is 25.4 Å². The summed E-state index contributed by atoms with van der Waals surface area (Å²) in [4.78, 5) is 27.3. The predicted molar refractivity (Wildman–Crippen MR) is 105 cm³/mol. The Balaban J connectivity index is 1.82. The second-order valence-electron chi connectivity index (χ2n) is 6.42. The lowest BCUT2D eigenvalue weighted by Crippen LogP contribution is -3.18. The topological polar surface area (TPSA) is 69.1 Å². The van der Waals surface area contributed by atoms with Crippen molar-refractivity contribution in [2.24, 2.45) is 0 Å². The molecule has 0 bridgehead atoms. The molecule has 1 amide bonds. The predicted octanol–water partition coefficient (Wildman–Crippen LogP) is 1.83. The van der Waals surface area contributed by atoms with Crippen LogP contribution in [0.4, 0.5) is 5.00 Å². The molecule has 0 aliphatic carbocycles. The summed E-state index contributed by atoms with van der Waals surface area (Å²) < 4.78 is 10.5. The Morgan fingerprint density at radius 3 is 2.63 bits per heavy atom. The van der Waals surface area contributed by atoms with Crippen molar-refractivity contribution in [3.63, 3.8) is 0 Å². The highest BCUT2D eigenvalue weighted by Crippen LogP contribution is 2.36. The molecule has 7 heteroatoms. The van der Waals surface area contributed by atoms with Crippen LogP contribution in [0.3, 0.4) is 0 Å². The van der Waals surface area contributed by atoms with Crippen LogP contribution < -0.4 is 10.2 Å². The Morgan fingerprint density at radius 2 is 1.96 bits per heavy atom. The lowest BCUT2D eigenvalue weighted by molar-refractivity contribution is -0.921. The highest BCUT2D eigenvalue weighted by Gasteiger charge is 2.29. The van der Waals surface area contributed by atoms with E-state index in [2.05, 4.69) is 5.32 Å². The maximum absolute atomic E-state index is 12.8. The summed E-state index contributed by atoms with van der Waals surface area (Å²) in [6.45, 7) is 6.90. The molecule has 1 aromatic carbocycles. The van der Waals surface area contributed by atoms with Crippen molar-refractivity contribution in [3.8, 4) is 10.4 Å². The van der Waals surface area contributed by atoms with E-state index in [1.54, 1.807) is 13.0 Å². The number of morpholine rings is 1. The number of hydrogen-bond acceptors (Lipinski definition) is 5. The quantitative estimate of drug-likeness (QED) is 0.740. The van der Waals surface area contributed by atoms with Gasteiger partial charge in [0.15, 0.2) is 6.04 Å². The van der Waals surface area contributed by atoms with E-state index in [-0.39, 0.29) is 18.6 Å². The number of carbonyl (C=O) groups excluding carboxylic acids is 2. The second-order valence-corrected chi connectivity index (χ2v) is 7.47. The fourth-order valence-corrected chi connectivity index (χ4v) is 4.12. The minimum absolute atomic E-state index is 0.0982. The smallest absolute Gasteiger partial charge is 0.341 e. The van der Waals surface area contributed by atoms with Gasteiger partial charge < -0.3 is 19.7 Å².